The van der Waals surface area contributed by atoms with Crippen LogP contribution in [-0.2, 0) is 0 Å². The van der Waals surface area contributed by atoms with E-state index in [-0.39, 0.29) is 0 Å². The van der Waals surface area contributed by atoms with Gasteiger partial charge in [-0.1, -0.05) is 79.7 Å². The Morgan fingerprint density at radius 1 is 0.741 bits per heavy atom. The lowest BCUT2D eigenvalue weighted by atomic mass is 9.93. The summed E-state index contributed by atoms with van der Waals surface area (Å²) in [6.45, 7) is 4.67. The monoisotopic (exact) mass is 355 g/mol. The number of aromatic nitrogens is 2. The second kappa shape index (κ2) is 8.97. The van der Waals surface area contributed by atoms with Crippen molar-refractivity contribution >= 4 is 0 Å². The number of nitrogens with one attached hydrogen (secondary N) is 1. The molecule has 0 radical (unpaired) electrons. The zero-order chi connectivity index (χ0) is 19.1. The van der Waals surface area contributed by atoms with Crippen LogP contribution in [0.4, 0.5) is 0 Å². The third kappa shape index (κ3) is 4.52. The molecule has 0 atom stereocenters. The molecule has 0 saturated heterocycles. The topological polar surface area (TPSA) is 54.7 Å². The first-order chi connectivity index (χ1) is 13.2. The van der Waals surface area contributed by atoms with Crippen molar-refractivity contribution in [3.63, 3.8) is 0 Å². The lowest BCUT2D eigenvalue weighted by molar-refractivity contribution is 1.05. The van der Waals surface area contributed by atoms with E-state index in [1.165, 1.54) is 22.3 Å². The van der Waals surface area contributed by atoms with E-state index < -0.39 is 0 Å². The molecule has 3 nitrogen and oxygen atoms in total. The minimum absolute atomic E-state index is 0.750. The maximum atomic E-state index is 4.85. The summed E-state index contributed by atoms with van der Waals surface area (Å²) in [5.41, 5.74) is 12.9. The predicted octanol–water partition coefficient (Wildman–Crippen LogP) is 5.68. The van der Waals surface area contributed by atoms with Gasteiger partial charge >= 0.3 is 0 Å². The fourth-order valence-electron chi connectivity index (χ4n) is 3.02. The maximum absolute atomic E-state index is 4.85. The van der Waals surface area contributed by atoms with Crippen LogP contribution in [0.2, 0.25) is 0 Å². The smallest absolute Gasteiger partial charge is 0.0923 e. The molecule has 27 heavy (non-hydrogen) atoms. The molecule has 0 aliphatic carbocycles. The van der Waals surface area contributed by atoms with Crippen LogP contribution in [0.25, 0.3) is 33.5 Å². The van der Waals surface area contributed by atoms with E-state index >= 15 is 0 Å². The molecule has 136 valence electrons. The van der Waals surface area contributed by atoms with Gasteiger partial charge in [0.25, 0.3) is 0 Å². The third-order valence-electron chi connectivity index (χ3n) is 4.19. The second-order valence-corrected chi connectivity index (χ2v) is 6.34. The van der Waals surface area contributed by atoms with E-state index in [9.17, 15) is 0 Å². The summed E-state index contributed by atoms with van der Waals surface area (Å²) >= 11 is 0. The molecular formula is C24H25N3. The average Bonchev–Trinajstić information content (AvgIpc) is 3.16. The molecule has 0 aliphatic heterocycles. The van der Waals surface area contributed by atoms with Crippen LogP contribution in [0, 0.1) is 6.92 Å². The van der Waals surface area contributed by atoms with Crippen molar-refractivity contribution in [2.45, 2.75) is 13.8 Å². The Bertz CT molecular complexity index is 987. The number of H-pyrrole nitrogens is 1. The Hall–Kier alpha value is -3.17. The molecule has 3 heteroatoms. The Kier molecular flexibility index (Phi) is 6.18. The number of hydrogen-bond acceptors (Lipinski definition) is 2. The first-order valence-electron chi connectivity index (χ1n) is 9.20. The van der Waals surface area contributed by atoms with Gasteiger partial charge in [0.1, 0.15) is 0 Å². The van der Waals surface area contributed by atoms with Crippen molar-refractivity contribution < 1.29 is 0 Å². The molecule has 0 bridgehead atoms. The van der Waals surface area contributed by atoms with Gasteiger partial charge in [0, 0.05) is 11.3 Å². The molecule has 1 aromatic heterocycles. The van der Waals surface area contributed by atoms with Crippen LogP contribution in [0.1, 0.15) is 12.6 Å². The van der Waals surface area contributed by atoms with Crippen molar-refractivity contribution in [1.82, 2.24) is 10.2 Å². The van der Waals surface area contributed by atoms with E-state index in [1.807, 2.05) is 19.9 Å². The van der Waals surface area contributed by atoms with E-state index in [2.05, 4.69) is 89.1 Å². The normalized spacial score (nSPS) is 10.2. The molecule has 0 fully saturated rings. The summed E-state index contributed by atoms with van der Waals surface area (Å²) in [7, 11) is 0. The summed E-state index contributed by atoms with van der Waals surface area (Å²) in [5, 5.41) is 7.39. The molecule has 3 aromatic carbocycles. The summed E-state index contributed by atoms with van der Waals surface area (Å²) in [5.74, 6) is 0. The minimum atomic E-state index is 0.750. The zero-order valence-electron chi connectivity index (χ0n) is 15.8. The van der Waals surface area contributed by atoms with Gasteiger partial charge in [-0.05, 0) is 47.9 Å². The van der Waals surface area contributed by atoms with Crippen LogP contribution in [0.15, 0.2) is 84.9 Å². The van der Waals surface area contributed by atoms with E-state index in [4.69, 9.17) is 5.73 Å². The molecule has 0 unspecified atom stereocenters. The van der Waals surface area contributed by atoms with Gasteiger partial charge in [0.2, 0.25) is 0 Å². The van der Waals surface area contributed by atoms with Crippen molar-refractivity contribution in [2.24, 2.45) is 5.73 Å². The predicted molar refractivity (Wildman–Crippen MR) is 114 cm³/mol. The van der Waals surface area contributed by atoms with Crippen LogP contribution < -0.4 is 5.73 Å². The molecule has 0 amide bonds. The average molecular weight is 355 g/mol. The molecule has 0 spiro atoms. The lowest BCUT2D eigenvalue weighted by Gasteiger charge is -2.11. The molecule has 0 saturated carbocycles. The van der Waals surface area contributed by atoms with E-state index in [0.29, 0.717) is 0 Å². The lowest BCUT2D eigenvalue weighted by Crippen LogP contribution is -1.87. The highest BCUT2D eigenvalue weighted by Gasteiger charge is 2.09. The van der Waals surface area contributed by atoms with Crippen molar-refractivity contribution in [3.05, 3.63) is 90.6 Å². The van der Waals surface area contributed by atoms with Gasteiger partial charge in [-0.2, -0.15) is 5.10 Å². The number of nitrogens with two attached hydrogens (primary N) is 1. The molecule has 0 aliphatic rings. The quantitative estimate of drug-likeness (QED) is 0.496. The highest BCUT2D eigenvalue weighted by molar-refractivity contribution is 5.85. The first kappa shape index (κ1) is 18.6. The molecular weight excluding hydrogens is 330 g/mol. The van der Waals surface area contributed by atoms with E-state index in [0.717, 1.165) is 23.5 Å². The number of nitrogens with zero attached hydrogens (tertiary/aromatic N) is 1. The van der Waals surface area contributed by atoms with Crippen molar-refractivity contribution in [3.8, 4) is 33.5 Å². The van der Waals surface area contributed by atoms with E-state index in [1.54, 1.807) is 0 Å². The summed E-state index contributed by atoms with van der Waals surface area (Å²) in [6, 6.07) is 29.7. The molecule has 4 aromatic rings. The largest absolute Gasteiger partial charge is 0.331 e. The standard InChI is InChI=1S/C22H18N2.C2H7N/c1-16-14-22(24-23-16)19-11-7-10-18(15-19)21-13-6-5-12-20(21)17-8-3-2-4-9-17;1-2-3/h2-15H,1H3,(H,23,24);2-3H2,1H3. The Labute approximate surface area is 160 Å². The number of hydrogen-bond donors (Lipinski definition) is 2. The maximum Gasteiger partial charge on any atom is 0.0923 e. The Balaban J connectivity index is 0.000000659. The zero-order valence-corrected chi connectivity index (χ0v) is 15.8. The fourth-order valence-corrected chi connectivity index (χ4v) is 3.02. The SMILES string of the molecule is CCN.Cc1cc(-c2cccc(-c3ccccc3-c3ccccc3)c2)n[nH]1. The first-order valence-corrected chi connectivity index (χ1v) is 9.20. The van der Waals surface area contributed by atoms with Crippen LogP contribution in [0.3, 0.4) is 0 Å². The summed E-state index contributed by atoms with van der Waals surface area (Å²) in [6.07, 6.45) is 0. The van der Waals surface area contributed by atoms with Gasteiger partial charge < -0.3 is 5.73 Å². The van der Waals surface area contributed by atoms with Crippen LogP contribution >= 0.6 is 0 Å². The minimum Gasteiger partial charge on any atom is -0.331 e. The van der Waals surface area contributed by atoms with Gasteiger partial charge in [-0.3, -0.25) is 5.10 Å². The summed E-state index contributed by atoms with van der Waals surface area (Å²) in [4.78, 5) is 0. The highest BCUT2D eigenvalue weighted by Crippen LogP contribution is 2.33. The molecule has 4 rings (SSSR count). The Morgan fingerprint density at radius 3 is 1.93 bits per heavy atom. The number of rotatable bonds is 3. The Morgan fingerprint density at radius 2 is 1.30 bits per heavy atom. The van der Waals surface area contributed by atoms with Crippen LogP contribution in [0.5, 0.6) is 0 Å². The highest BCUT2D eigenvalue weighted by atomic mass is 15.1. The number of aromatic amines is 1. The van der Waals surface area contributed by atoms with Gasteiger partial charge in [0.05, 0.1) is 5.69 Å². The van der Waals surface area contributed by atoms with Gasteiger partial charge in [-0.25, -0.2) is 0 Å². The second-order valence-electron chi connectivity index (χ2n) is 6.34. The number of benzene rings is 3. The fraction of sp³-hybridized carbons (Fsp3) is 0.125. The van der Waals surface area contributed by atoms with Crippen molar-refractivity contribution in [1.29, 1.82) is 0 Å². The molecule has 1 heterocycles. The van der Waals surface area contributed by atoms with Gasteiger partial charge in [-0.15, -0.1) is 0 Å². The molecule has 3 N–H and O–H groups in total. The third-order valence-corrected chi connectivity index (χ3v) is 4.19. The number of aryl methyl sites for hydroxylation is 1. The summed E-state index contributed by atoms with van der Waals surface area (Å²) < 4.78 is 0. The van der Waals surface area contributed by atoms with Gasteiger partial charge in [0.15, 0.2) is 0 Å². The van der Waals surface area contributed by atoms with Crippen LogP contribution in [-0.4, -0.2) is 16.7 Å². The van der Waals surface area contributed by atoms with Crippen molar-refractivity contribution in [2.75, 3.05) is 6.54 Å².